The highest BCUT2D eigenvalue weighted by molar-refractivity contribution is 9.10. The van der Waals surface area contributed by atoms with Gasteiger partial charge in [-0.25, -0.2) is 0 Å². The van der Waals surface area contributed by atoms with Gasteiger partial charge in [0, 0.05) is 30.5 Å². The predicted octanol–water partition coefficient (Wildman–Crippen LogP) is 6.90. The summed E-state index contributed by atoms with van der Waals surface area (Å²) in [5.74, 6) is 1.09. The Morgan fingerprint density at radius 1 is 0.949 bits per heavy atom. The summed E-state index contributed by atoms with van der Waals surface area (Å²) in [7, 11) is 0. The molecule has 2 saturated heterocycles. The Bertz CT molecular complexity index is 1070. The van der Waals surface area contributed by atoms with E-state index in [-0.39, 0.29) is 29.8 Å². The van der Waals surface area contributed by atoms with Crippen LogP contribution in [0.2, 0.25) is 0 Å². The summed E-state index contributed by atoms with van der Waals surface area (Å²) in [5, 5.41) is 3.38. The molecule has 1 saturated carbocycles. The van der Waals surface area contributed by atoms with Crippen LogP contribution >= 0.6 is 28.3 Å². The highest BCUT2D eigenvalue weighted by atomic mass is 79.9. The van der Waals surface area contributed by atoms with Crippen molar-refractivity contribution in [2.75, 3.05) is 26.2 Å². The van der Waals surface area contributed by atoms with Crippen molar-refractivity contribution in [3.05, 3.63) is 70.2 Å². The number of hydrogen-bond acceptors (Lipinski definition) is 3. The lowest BCUT2D eigenvalue weighted by Crippen LogP contribution is -2.45. The van der Waals surface area contributed by atoms with Crippen molar-refractivity contribution in [3.8, 4) is 0 Å². The van der Waals surface area contributed by atoms with Crippen LogP contribution < -0.4 is 5.32 Å². The van der Waals surface area contributed by atoms with Crippen LogP contribution in [-0.2, 0) is 16.1 Å². The molecular formula is C32H43BrClN3O2. The summed E-state index contributed by atoms with van der Waals surface area (Å²) < 4.78 is 1.07. The number of carbonyl (C=O) groups excluding carboxylic acids is 2. The minimum absolute atomic E-state index is 0. The molecule has 1 N–H and O–H groups in total. The first-order valence-corrected chi connectivity index (χ1v) is 15.4. The molecule has 2 heterocycles. The molecule has 1 aliphatic carbocycles. The summed E-state index contributed by atoms with van der Waals surface area (Å²) in [4.78, 5) is 31.0. The van der Waals surface area contributed by atoms with E-state index in [0.717, 1.165) is 56.3 Å². The molecule has 0 bridgehead atoms. The molecule has 2 aromatic carbocycles. The second kappa shape index (κ2) is 14.1. The molecule has 3 fully saturated rings. The smallest absolute Gasteiger partial charge is 0.229 e. The van der Waals surface area contributed by atoms with Gasteiger partial charge in [-0.3, -0.25) is 9.59 Å². The van der Waals surface area contributed by atoms with Gasteiger partial charge in [-0.05, 0) is 80.8 Å². The van der Waals surface area contributed by atoms with Gasteiger partial charge in [-0.2, -0.15) is 0 Å². The van der Waals surface area contributed by atoms with Gasteiger partial charge in [0.15, 0.2) is 0 Å². The first-order valence-electron chi connectivity index (χ1n) is 14.6. The molecule has 7 heteroatoms. The van der Waals surface area contributed by atoms with Gasteiger partial charge in [-0.1, -0.05) is 77.7 Å². The molecule has 2 aliphatic heterocycles. The van der Waals surface area contributed by atoms with Crippen LogP contribution in [0.5, 0.6) is 0 Å². The number of halogens is 2. The molecule has 5 rings (SSSR count). The number of amides is 2. The van der Waals surface area contributed by atoms with Crippen molar-refractivity contribution >= 4 is 40.2 Å². The molecule has 212 valence electrons. The fourth-order valence-electron chi connectivity index (χ4n) is 6.75. The van der Waals surface area contributed by atoms with Crippen molar-refractivity contribution in [3.63, 3.8) is 0 Å². The molecule has 2 aromatic rings. The summed E-state index contributed by atoms with van der Waals surface area (Å²) in [6.07, 6.45) is 10.6. The topological polar surface area (TPSA) is 52.7 Å². The zero-order valence-corrected chi connectivity index (χ0v) is 25.4. The Kier molecular flexibility index (Phi) is 10.9. The van der Waals surface area contributed by atoms with Gasteiger partial charge in [0.2, 0.25) is 11.8 Å². The van der Waals surface area contributed by atoms with E-state index in [2.05, 4.69) is 67.4 Å². The maximum absolute atomic E-state index is 13.4. The van der Waals surface area contributed by atoms with E-state index < -0.39 is 0 Å². The van der Waals surface area contributed by atoms with Crippen LogP contribution in [0.4, 0.5) is 0 Å². The number of hydrogen-bond donors (Lipinski definition) is 1. The predicted molar refractivity (Wildman–Crippen MR) is 163 cm³/mol. The molecule has 2 amide bonds. The quantitative estimate of drug-likeness (QED) is 0.333. The lowest BCUT2D eigenvalue weighted by Gasteiger charge is -2.38. The third-order valence-electron chi connectivity index (χ3n) is 9.17. The van der Waals surface area contributed by atoms with Crippen molar-refractivity contribution in [1.82, 2.24) is 15.1 Å². The number of piperidine rings is 1. The maximum Gasteiger partial charge on any atom is 0.229 e. The maximum atomic E-state index is 13.4. The summed E-state index contributed by atoms with van der Waals surface area (Å²) >= 11 is 3.49. The zero-order valence-electron chi connectivity index (χ0n) is 23.0. The first kappa shape index (κ1) is 30.1. The van der Waals surface area contributed by atoms with Gasteiger partial charge in [0.05, 0.1) is 11.5 Å². The van der Waals surface area contributed by atoms with Gasteiger partial charge < -0.3 is 15.1 Å². The Labute approximate surface area is 248 Å². The van der Waals surface area contributed by atoms with Crippen molar-refractivity contribution in [2.24, 2.45) is 11.3 Å². The van der Waals surface area contributed by atoms with Gasteiger partial charge in [-0.15, -0.1) is 12.4 Å². The number of nitrogens with one attached hydrogen (secondary N) is 1. The Balaban J connectivity index is 0.00000353. The Morgan fingerprint density at radius 3 is 2.31 bits per heavy atom. The molecular weight excluding hydrogens is 574 g/mol. The Hall–Kier alpha value is -1.89. The lowest BCUT2D eigenvalue weighted by atomic mass is 9.77. The highest BCUT2D eigenvalue weighted by Crippen LogP contribution is 2.42. The normalized spacial score (nSPS) is 20.5. The molecule has 1 unspecified atom stereocenters. The van der Waals surface area contributed by atoms with Gasteiger partial charge >= 0.3 is 0 Å². The summed E-state index contributed by atoms with van der Waals surface area (Å²) in [6.45, 7) is 4.41. The van der Waals surface area contributed by atoms with Crippen molar-refractivity contribution in [1.29, 1.82) is 0 Å². The van der Waals surface area contributed by atoms with E-state index in [4.69, 9.17) is 0 Å². The molecule has 0 aromatic heterocycles. The third kappa shape index (κ3) is 7.86. The zero-order chi connectivity index (χ0) is 26.4. The summed E-state index contributed by atoms with van der Waals surface area (Å²) in [6, 6.07) is 18.8. The van der Waals surface area contributed by atoms with Gasteiger partial charge in [0.1, 0.15) is 0 Å². The molecule has 1 atom stereocenters. The fraction of sp³-hybridized carbons (Fsp3) is 0.562. The molecule has 3 aliphatic rings. The second-order valence-corrected chi connectivity index (χ2v) is 12.7. The van der Waals surface area contributed by atoms with Crippen molar-refractivity contribution < 1.29 is 9.59 Å². The number of nitrogens with zero attached hydrogens (tertiary/aromatic N) is 2. The van der Waals surface area contributed by atoms with E-state index in [1.165, 1.54) is 43.2 Å². The molecule has 1 spiro atoms. The monoisotopic (exact) mass is 615 g/mol. The summed E-state index contributed by atoms with van der Waals surface area (Å²) in [5.41, 5.74) is 2.19. The van der Waals surface area contributed by atoms with Crippen LogP contribution in [0.25, 0.3) is 0 Å². The van der Waals surface area contributed by atoms with Crippen LogP contribution in [0.3, 0.4) is 0 Å². The van der Waals surface area contributed by atoms with E-state index in [9.17, 15) is 9.59 Å². The van der Waals surface area contributed by atoms with E-state index in [1.54, 1.807) is 0 Å². The average Bonchev–Trinajstić information content (AvgIpc) is 3.24. The van der Waals surface area contributed by atoms with E-state index in [0.29, 0.717) is 24.8 Å². The lowest BCUT2D eigenvalue weighted by molar-refractivity contribution is -0.139. The number of likely N-dealkylation sites (tertiary alicyclic amines) is 2. The largest absolute Gasteiger partial charge is 0.349 e. The SMILES string of the molecule is Cl.O=C(CC1CCCCC1)NC(CCN1CCC2(CC1)CCN(Cc1ccc(Br)cc1)C2=O)c1ccccc1. The first-order chi connectivity index (χ1) is 18.5. The minimum atomic E-state index is -0.182. The molecule has 5 nitrogen and oxygen atoms in total. The second-order valence-electron chi connectivity index (χ2n) is 11.8. The van der Waals surface area contributed by atoms with Gasteiger partial charge in [0.25, 0.3) is 0 Å². The highest BCUT2D eigenvalue weighted by Gasteiger charge is 2.47. The number of carbonyl (C=O) groups is 2. The van der Waals surface area contributed by atoms with E-state index in [1.807, 2.05) is 18.2 Å². The van der Waals surface area contributed by atoms with Crippen LogP contribution in [0, 0.1) is 11.3 Å². The van der Waals surface area contributed by atoms with Crippen LogP contribution in [0.15, 0.2) is 59.1 Å². The Morgan fingerprint density at radius 2 is 1.62 bits per heavy atom. The molecule has 0 radical (unpaired) electrons. The minimum Gasteiger partial charge on any atom is -0.349 e. The fourth-order valence-corrected chi connectivity index (χ4v) is 7.01. The van der Waals surface area contributed by atoms with E-state index >= 15 is 0 Å². The van der Waals surface area contributed by atoms with Crippen LogP contribution in [-0.4, -0.2) is 47.8 Å². The number of rotatable bonds is 9. The average molecular weight is 617 g/mol. The third-order valence-corrected chi connectivity index (χ3v) is 9.70. The van der Waals surface area contributed by atoms with Crippen molar-refractivity contribution in [2.45, 2.75) is 76.8 Å². The standard InChI is InChI=1S/C32H42BrN3O2.ClH/c33-28-13-11-26(12-14-28)24-36-22-18-32(31(36)38)16-20-35(21-17-32)19-15-29(27-9-5-2-6-10-27)34-30(37)23-25-7-3-1-4-8-25;/h2,5-6,9-14,25,29H,1,3-4,7-8,15-24H2,(H,34,37);1H. The number of benzene rings is 2. The van der Waals surface area contributed by atoms with Crippen LogP contribution in [0.1, 0.15) is 81.4 Å². The molecule has 39 heavy (non-hydrogen) atoms.